The second-order valence-electron chi connectivity index (χ2n) is 4.22. The predicted octanol–water partition coefficient (Wildman–Crippen LogP) is 1.44. The van der Waals surface area contributed by atoms with E-state index in [0.29, 0.717) is 5.69 Å². The van der Waals surface area contributed by atoms with Gasteiger partial charge in [0.25, 0.3) is 10.0 Å². The van der Waals surface area contributed by atoms with Crippen molar-refractivity contribution in [2.24, 2.45) is 0 Å². The lowest BCUT2D eigenvalue weighted by Crippen LogP contribution is -2.38. The van der Waals surface area contributed by atoms with Gasteiger partial charge in [0.1, 0.15) is 0 Å². The quantitative estimate of drug-likeness (QED) is 0.853. The molecule has 0 saturated carbocycles. The van der Waals surface area contributed by atoms with Crippen molar-refractivity contribution < 1.29 is 8.42 Å². The number of rotatable bonds is 6. The zero-order valence-electron chi connectivity index (χ0n) is 11.3. The molecule has 0 bridgehead atoms. The van der Waals surface area contributed by atoms with E-state index in [-0.39, 0.29) is 24.0 Å². The molecule has 104 valence electrons. The van der Waals surface area contributed by atoms with Crippen LogP contribution in [0.3, 0.4) is 0 Å². The van der Waals surface area contributed by atoms with Crippen LogP contribution in [-0.4, -0.2) is 37.3 Å². The van der Waals surface area contributed by atoms with Crippen molar-refractivity contribution in [1.29, 1.82) is 5.26 Å². The molecule has 0 amide bonds. The van der Waals surface area contributed by atoms with Gasteiger partial charge in [-0.15, -0.1) is 0 Å². The number of sulfonamides is 1. The molecule has 7 heteroatoms. The lowest BCUT2D eigenvalue weighted by molar-refractivity contribution is 0.359. The first-order chi connectivity index (χ1) is 8.95. The molecule has 0 saturated heterocycles. The van der Waals surface area contributed by atoms with Crippen LogP contribution in [0.4, 0.5) is 5.69 Å². The van der Waals surface area contributed by atoms with Crippen LogP contribution in [0.5, 0.6) is 0 Å². The van der Waals surface area contributed by atoms with Gasteiger partial charge < -0.3 is 5.32 Å². The monoisotopic (exact) mass is 282 g/mol. The fraction of sp³-hybridized carbons (Fsp3) is 0.500. The van der Waals surface area contributed by atoms with Crippen molar-refractivity contribution in [3.8, 4) is 6.07 Å². The highest BCUT2D eigenvalue weighted by molar-refractivity contribution is 7.89. The molecule has 1 aromatic rings. The molecule has 0 fully saturated rings. The molecule has 19 heavy (non-hydrogen) atoms. The van der Waals surface area contributed by atoms with Crippen LogP contribution in [0.2, 0.25) is 0 Å². The van der Waals surface area contributed by atoms with Gasteiger partial charge in [-0.25, -0.2) is 13.4 Å². The molecule has 0 aliphatic carbocycles. The third kappa shape index (κ3) is 3.43. The largest absolute Gasteiger partial charge is 0.386 e. The minimum atomic E-state index is -3.71. The lowest BCUT2D eigenvalue weighted by Gasteiger charge is -2.25. The summed E-state index contributed by atoms with van der Waals surface area (Å²) >= 11 is 0. The van der Waals surface area contributed by atoms with Crippen molar-refractivity contribution >= 4 is 15.7 Å². The van der Waals surface area contributed by atoms with Crippen LogP contribution in [-0.2, 0) is 10.0 Å². The van der Waals surface area contributed by atoms with E-state index in [4.69, 9.17) is 5.26 Å². The molecule has 0 aliphatic heterocycles. The van der Waals surface area contributed by atoms with E-state index >= 15 is 0 Å². The fourth-order valence-corrected chi connectivity index (χ4v) is 3.46. The average molecular weight is 282 g/mol. The summed E-state index contributed by atoms with van der Waals surface area (Å²) in [4.78, 5) is 3.96. The molecular weight excluding hydrogens is 264 g/mol. The third-order valence-corrected chi connectivity index (χ3v) is 4.65. The number of aromatic nitrogens is 1. The molecule has 0 aromatic carbocycles. The second kappa shape index (κ2) is 6.50. The summed E-state index contributed by atoms with van der Waals surface area (Å²) in [5.74, 6) is 0. The summed E-state index contributed by atoms with van der Waals surface area (Å²) < 4.78 is 26.4. The summed E-state index contributed by atoms with van der Waals surface area (Å²) in [6.07, 6.45) is 1.59. The van der Waals surface area contributed by atoms with Crippen LogP contribution >= 0.6 is 0 Å². The van der Waals surface area contributed by atoms with Gasteiger partial charge in [-0.3, -0.25) is 0 Å². The standard InChI is InChI=1S/C12H18N4O2S/c1-10(2)16(9-5-7-13)19(17,18)12-11(14-3)6-4-8-15-12/h4,6,8,10,14H,5,9H2,1-3H3. The van der Waals surface area contributed by atoms with Crippen molar-refractivity contribution in [1.82, 2.24) is 9.29 Å². The zero-order valence-corrected chi connectivity index (χ0v) is 12.1. The maximum Gasteiger partial charge on any atom is 0.262 e. The highest BCUT2D eigenvalue weighted by atomic mass is 32.2. The molecule has 6 nitrogen and oxygen atoms in total. The van der Waals surface area contributed by atoms with Gasteiger partial charge in [0.2, 0.25) is 0 Å². The minimum absolute atomic E-state index is 0.0101. The normalized spacial score (nSPS) is 11.6. The summed E-state index contributed by atoms with van der Waals surface area (Å²) in [6, 6.07) is 5.05. The van der Waals surface area contributed by atoms with Crippen molar-refractivity contribution in [3.05, 3.63) is 18.3 Å². The van der Waals surface area contributed by atoms with E-state index < -0.39 is 10.0 Å². The van der Waals surface area contributed by atoms with Gasteiger partial charge >= 0.3 is 0 Å². The molecule has 0 spiro atoms. The van der Waals surface area contributed by atoms with E-state index in [0.717, 1.165) is 0 Å². The second-order valence-corrected chi connectivity index (χ2v) is 6.03. The van der Waals surface area contributed by atoms with Crippen LogP contribution in [0.15, 0.2) is 23.4 Å². The van der Waals surface area contributed by atoms with E-state index in [1.807, 2.05) is 6.07 Å². The first-order valence-corrected chi connectivity index (χ1v) is 7.40. The Morgan fingerprint density at radius 2 is 2.21 bits per heavy atom. The molecule has 1 N–H and O–H groups in total. The van der Waals surface area contributed by atoms with Gasteiger partial charge in [-0.2, -0.15) is 9.57 Å². The number of pyridine rings is 1. The van der Waals surface area contributed by atoms with E-state index in [2.05, 4.69) is 10.3 Å². The van der Waals surface area contributed by atoms with Crippen LogP contribution < -0.4 is 5.32 Å². The maximum absolute atomic E-state index is 12.6. The summed E-state index contributed by atoms with van der Waals surface area (Å²) in [7, 11) is -2.06. The van der Waals surface area contributed by atoms with Gasteiger partial charge in [0.05, 0.1) is 11.8 Å². The SMILES string of the molecule is CNc1cccnc1S(=O)(=O)N(CCC#N)C(C)C. The van der Waals surface area contributed by atoms with E-state index in [9.17, 15) is 8.42 Å². The molecular formula is C12H18N4O2S. The molecule has 0 aliphatic rings. The van der Waals surface area contributed by atoms with Gasteiger partial charge in [-0.05, 0) is 26.0 Å². The Morgan fingerprint density at radius 1 is 1.53 bits per heavy atom. The molecule has 1 aromatic heterocycles. The van der Waals surface area contributed by atoms with E-state index in [1.165, 1.54) is 10.5 Å². The number of anilines is 1. The third-order valence-electron chi connectivity index (χ3n) is 2.61. The Bertz CT molecular complexity index is 563. The van der Waals surface area contributed by atoms with Crippen LogP contribution in [0.25, 0.3) is 0 Å². The summed E-state index contributed by atoms with van der Waals surface area (Å²) in [5, 5.41) is 11.4. The predicted molar refractivity (Wildman–Crippen MR) is 73.0 cm³/mol. The maximum atomic E-state index is 12.6. The van der Waals surface area contributed by atoms with Crippen LogP contribution in [0.1, 0.15) is 20.3 Å². The molecule has 0 radical (unpaired) electrons. The molecule has 0 unspecified atom stereocenters. The van der Waals surface area contributed by atoms with Gasteiger partial charge in [0, 0.05) is 32.3 Å². The minimum Gasteiger partial charge on any atom is -0.386 e. The smallest absolute Gasteiger partial charge is 0.262 e. The molecule has 0 atom stereocenters. The first kappa shape index (κ1) is 15.4. The number of nitrogens with zero attached hydrogens (tertiary/aromatic N) is 3. The Kier molecular flexibility index (Phi) is 5.27. The highest BCUT2D eigenvalue weighted by Gasteiger charge is 2.29. The Balaban J connectivity index is 3.23. The fourth-order valence-electron chi connectivity index (χ4n) is 1.71. The van der Waals surface area contributed by atoms with Gasteiger partial charge in [-0.1, -0.05) is 0 Å². The van der Waals surface area contributed by atoms with E-state index in [1.54, 1.807) is 33.0 Å². The highest BCUT2D eigenvalue weighted by Crippen LogP contribution is 2.23. The number of hydrogen-bond acceptors (Lipinski definition) is 5. The number of hydrogen-bond donors (Lipinski definition) is 1. The topological polar surface area (TPSA) is 86.1 Å². The Labute approximate surface area is 114 Å². The number of nitrogens with one attached hydrogen (secondary N) is 1. The Hall–Kier alpha value is -1.65. The molecule has 1 rings (SSSR count). The lowest BCUT2D eigenvalue weighted by atomic mass is 10.3. The van der Waals surface area contributed by atoms with Crippen LogP contribution in [0, 0.1) is 11.3 Å². The molecule has 1 heterocycles. The number of nitriles is 1. The van der Waals surface area contributed by atoms with Crippen molar-refractivity contribution in [2.45, 2.75) is 31.3 Å². The van der Waals surface area contributed by atoms with Crippen molar-refractivity contribution in [3.63, 3.8) is 0 Å². The zero-order chi connectivity index (χ0) is 14.5. The summed E-state index contributed by atoms with van der Waals surface area (Å²) in [5.41, 5.74) is 0.449. The first-order valence-electron chi connectivity index (χ1n) is 5.96. The Morgan fingerprint density at radius 3 is 2.74 bits per heavy atom. The van der Waals surface area contributed by atoms with Crippen molar-refractivity contribution in [2.75, 3.05) is 18.9 Å². The average Bonchev–Trinajstić information content (AvgIpc) is 2.38. The van der Waals surface area contributed by atoms with Gasteiger partial charge in [0.15, 0.2) is 5.03 Å². The summed E-state index contributed by atoms with van der Waals surface area (Å²) in [6.45, 7) is 3.71.